The molecule has 0 amide bonds. The highest BCUT2D eigenvalue weighted by Crippen LogP contribution is 2.27. The highest BCUT2D eigenvalue weighted by Gasteiger charge is 2.00. The minimum Gasteiger partial charge on any atom is -0.207 e. The molecule has 0 aliphatic heterocycles. The van der Waals surface area contributed by atoms with Crippen LogP contribution in [0.15, 0.2) is 23.6 Å². The Hall–Kier alpha value is -0.160. The fourth-order valence-electron chi connectivity index (χ4n) is 0.970. The van der Waals surface area contributed by atoms with Gasteiger partial charge in [0, 0.05) is 19.0 Å². The summed E-state index contributed by atoms with van der Waals surface area (Å²) < 4.78 is 15.0. The molecule has 0 aliphatic carbocycles. The van der Waals surface area contributed by atoms with Gasteiger partial charge in [-0.05, 0) is 40.8 Å². The van der Waals surface area contributed by atoms with Crippen molar-refractivity contribution in [2.24, 2.45) is 0 Å². The molecule has 0 saturated heterocycles. The number of thiophene rings is 1. The van der Waals surface area contributed by atoms with Gasteiger partial charge in [0.25, 0.3) is 0 Å². The second kappa shape index (κ2) is 2.71. The quantitative estimate of drug-likeness (QED) is 0.645. The highest BCUT2D eigenvalue weighted by atomic mass is 127. The van der Waals surface area contributed by atoms with Crippen molar-refractivity contribution in [2.45, 2.75) is 0 Å². The molecule has 0 bridgehead atoms. The monoisotopic (exact) mass is 278 g/mol. The molecule has 0 atom stereocenters. The number of rotatable bonds is 0. The first-order chi connectivity index (χ1) is 5.27. The third kappa shape index (κ3) is 1.27. The van der Waals surface area contributed by atoms with E-state index in [-0.39, 0.29) is 5.82 Å². The number of hydrogen-bond donors (Lipinski definition) is 0. The SMILES string of the molecule is Fc1ccc2scc(I)c2c1. The van der Waals surface area contributed by atoms with Gasteiger partial charge in [0.1, 0.15) is 5.82 Å². The van der Waals surface area contributed by atoms with E-state index in [9.17, 15) is 4.39 Å². The minimum atomic E-state index is -0.159. The average Bonchev–Trinajstić information content (AvgIpc) is 2.33. The first kappa shape index (κ1) is 7.49. The third-order valence-electron chi connectivity index (χ3n) is 1.49. The van der Waals surface area contributed by atoms with Crippen LogP contribution >= 0.6 is 33.9 Å². The smallest absolute Gasteiger partial charge is 0.123 e. The van der Waals surface area contributed by atoms with E-state index < -0.39 is 0 Å². The number of halogens is 2. The first-order valence-corrected chi connectivity index (χ1v) is 5.05. The summed E-state index contributed by atoms with van der Waals surface area (Å²) >= 11 is 3.86. The Kier molecular flexibility index (Phi) is 1.85. The van der Waals surface area contributed by atoms with Gasteiger partial charge in [0.05, 0.1) is 0 Å². The summed E-state index contributed by atoms with van der Waals surface area (Å²) in [5.74, 6) is -0.159. The zero-order valence-corrected chi connectivity index (χ0v) is 8.45. The molecule has 2 rings (SSSR count). The maximum atomic E-state index is 12.7. The molecule has 0 spiro atoms. The first-order valence-electron chi connectivity index (χ1n) is 3.09. The second-order valence-electron chi connectivity index (χ2n) is 2.22. The van der Waals surface area contributed by atoms with Gasteiger partial charge >= 0.3 is 0 Å². The topological polar surface area (TPSA) is 0 Å². The normalized spacial score (nSPS) is 10.7. The van der Waals surface area contributed by atoms with E-state index in [4.69, 9.17) is 0 Å². The van der Waals surface area contributed by atoms with Gasteiger partial charge in [-0.1, -0.05) is 0 Å². The molecule has 0 N–H and O–H groups in total. The molecule has 0 nitrogen and oxygen atoms in total. The molecule has 0 saturated carbocycles. The summed E-state index contributed by atoms with van der Waals surface area (Å²) in [6.07, 6.45) is 0. The van der Waals surface area contributed by atoms with Crippen LogP contribution < -0.4 is 0 Å². The van der Waals surface area contributed by atoms with Crippen LogP contribution in [0.3, 0.4) is 0 Å². The Labute approximate surface area is 81.2 Å². The Morgan fingerprint density at radius 1 is 1.36 bits per heavy atom. The minimum absolute atomic E-state index is 0.159. The lowest BCUT2D eigenvalue weighted by molar-refractivity contribution is 0.630. The number of fused-ring (bicyclic) bond motifs is 1. The highest BCUT2D eigenvalue weighted by molar-refractivity contribution is 14.1. The van der Waals surface area contributed by atoms with Gasteiger partial charge in [0.15, 0.2) is 0 Å². The lowest BCUT2D eigenvalue weighted by Crippen LogP contribution is -1.71. The van der Waals surface area contributed by atoms with Gasteiger partial charge in [-0.3, -0.25) is 0 Å². The summed E-state index contributed by atoms with van der Waals surface area (Å²) in [6, 6.07) is 4.89. The standard InChI is InChI=1S/C8H4FIS/c9-5-1-2-8-6(3-5)7(10)4-11-8/h1-4H. The molecule has 0 fully saturated rings. The third-order valence-corrected chi connectivity index (χ3v) is 3.77. The predicted molar refractivity (Wildman–Crippen MR) is 54.5 cm³/mol. The van der Waals surface area contributed by atoms with Crippen LogP contribution in [0.5, 0.6) is 0 Å². The van der Waals surface area contributed by atoms with Crippen LogP contribution in [0.25, 0.3) is 10.1 Å². The zero-order valence-electron chi connectivity index (χ0n) is 5.47. The van der Waals surface area contributed by atoms with Crippen LogP contribution in [0.4, 0.5) is 4.39 Å². The van der Waals surface area contributed by atoms with Crippen LogP contribution in [-0.2, 0) is 0 Å². The molecule has 1 heterocycles. The molecular formula is C8H4FIS. The van der Waals surface area contributed by atoms with Gasteiger partial charge in [0.2, 0.25) is 0 Å². The summed E-state index contributed by atoms with van der Waals surface area (Å²) in [4.78, 5) is 0. The van der Waals surface area contributed by atoms with E-state index in [1.165, 1.54) is 6.07 Å². The zero-order chi connectivity index (χ0) is 7.84. The predicted octanol–water partition coefficient (Wildman–Crippen LogP) is 3.65. The van der Waals surface area contributed by atoms with Gasteiger partial charge in [-0.15, -0.1) is 11.3 Å². The fraction of sp³-hybridized carbons (Fsp3) is 0. The van der Waals surface area contributed by atoms with Crippen molar-refractivity contribution in [3.63, 3.8) is 0 Å². The maximum Gasteiger partial charge on any atom is 0.123 e. The average molecular weight is 278 g/mol. The van der Waals surface area contributed by atoms with Crippen LogP contribution in [-0.4, -0.2) is 0 Å². The van der Waals surface area contributed by atoms with Crippen LogP contribution in [0, 0.1) is 9.39 Å². The summed E-state index contributed by atoms with van der Waals surface area (Å²) in [5, 5.41) is 3.06. The molecular weight excluding hydrogens is 274 g/mol. The molecule has 0 radical (unpaired) electrons. The summed E-state index contributed by atoms with van der Waals surface area (Å²) in [7, 11) is 0. The van der Waals surface area contributed by atoms with Gasteiger partial charge in [-0.2, -0.15) is 0 Å². The molecule has 2 aromatic rings. The van der Waals surface area contributed by atoms with Crippen molar-refractivity contribution >= 4 is 44.0 Å². The van der Waals surface area contributed by atoms with Crippen molar-refractivity contribution in [2.75, 3.05) is 0 Å². The lowest BCUT2D eigenvalue weighted by atomic mass is 10.3. The largest absolute Gasteiger partial charge is 0.207 e. The molecule has 0 aliphatic rings. The van der Waals surface area contributed by atoms with Crippen molar-refractivity contribution < 1.29 is 4.39 Å². The molecule has 0 unspecified atom stereocenters. The Bertz CT molecular complexity index is 394. The fourth-order valence-corrected chi connectivity index (χ4v) is 2.78. The Balaban J connectivity index is 2.87. The maximum absolute atomic E-state index is 12.7. The van der Waals surface area contributed by atoms with E-state index in [2.05, 4.69) is 22.6 Å². The molecule has 56 valence electrons. The van der Waals surface area contributed by atoms with Crippen molar-refractivity contribution in [3.05, 3.63) is 33.0 Å². The van der Waals surface area contributed by atoms with Crippen molar-refractivity contribution in [1.82, 2.24) is 0 Å². The Morgan fingerprint density at radius 2 is 2.18 bits per heavy atom. The van der Waals surface area contributed by atoms with E-state index in [1.54, 1.807) is 17.4 Å². The van der Waals surface area contributed by atoms with Crippen LogP contribution in [0.1, 0.15) is 0 Å². The van der Waals surface area contributed by atoms with Crippen molar-refractivity contribution in [1.29, 1.82) is 0 Å². The molecule has 1 aromatic carbocycles. The van der Waals surface area contributed by atoms with E-state index in [1.807, 2.05) is 11.4 Å². The van der Waals surface area contributed by atoms with E-state index in [0.29, 0.717) is 0 Å². The second-order valence-corrected chi connectivity index (χ2v) is 4.30. The van der Waals surface area contributed by atoms with Gasteiger partial charge in [-0.25, -0.2) is 4.39 Å². The molecule has 1 aromatic heterocycles. The van der Waals surface area contributed by atoms with Crippen molar-refractivity contribution in [3.8, 4) is 0 Å². The molecule has 3 heteroatoms. The summed E-state index contributed by atoms with van der Waals surface area (Å²) in [5.41, 5.74) is 0. The Morgan fingerprint density at radius 3 is 3.00 bits per heavy atom. The number of benzene rings is 1. The number of hydrogen-bond acceptors (Lipinski definition) is 1. The lowest BCUT2D eigenvalue weighted by Gasteiger charge is -1.89. The molecule has 11 heavy (non-hydrogen) atoms. The van der Waals surface area contributed by atoms with E-state index in [0.717, 1.165) is 13.7 Å². The summed E-state index contributed by atoms with van der Waals surface area (Å²) in [6.45, 7) is 0. The van der Waals surface area contributed by atoms with E-state index >= 15 is 0 Å². The van der Waals surface area contributed by atoms with Gasteiger partial charge < -0.3 is 0 Å². The van der Waals surface area contributed by atoms with Crippen LogP contribution in [0.2, 0.25) is 0 Å².